The molecule has 0 spiro atoms. The number of rotatable bonds is 3. The van der Waals surface area contributed by atoms with Crippen molar-refractivity contribution in [1.82, 2.24) is 5.32 Å². The number of hydrogen-bond donors (Lipinski definition) is 2. The topological polar surface area (TPSA) is 59.6 Å². The van der Waals surface area contributed by atoms with Gasteiger partial charge >= 0.3 is 0 Å². The fourth-order valence-corrected chi connectivity index (χ4v) is 5.79. The zero-order valence-electron chi connectivity index (χ0n) is 14.9. The molecule has 0 unspecified atom stereocenters. The molecule has 0 bridgehead atoms. The van der Waals surface area contributed by atoms with Crippen LogP contribution in [-0.4, -0.2) is 20.1 Å². The molecule has 2 heterocycles. The highest BCUT2D eigenvalue weighted by Crippen LogP contribution is 2.44. The van der Waals surface area contributed by atoms with Gasteiger partial charge in [0.2, 0.25) is 0 Å². The first-order chi connectivity index (χ1) is 12.5. The first-order valence-electron chi connectivity index (χ1n) is 8.65. The number of halogens is 1. The number of fused-ring (bicyclic) bond motifs is 3. The lowest BCUT2D eigenvalue weighted by molar-refractivity contribution is 0.0935. The van der Waals surface area contributed by atoms with E-state index in [0.29, 0.717) is 17.4 Å². The van der Waals surface area contributed by atoms with E-state index < -0.39 is 0 Å². The van der Waals surface area contributed by atoms with Crippen LogP contribution in [0.1, 0.15) is 45.9 Å². The van der Waals surface area contributed by atoms with Gasteiger partial charge in [0, 0.05) is 4.88 Å². The van der Waals surface area contributed by atoms with Crippen molar-refractivity contribution in [3.63, 3.8) is 0 Å². The molecular weight excluding hydrogens is 416 g/mol. The van der Waals surface area contributed by atoms with Crippen molar-refractivity contribution in [3.8, 4) is 11.5 Å². The minimum atomic E-state index is -0.302. The molecule has 0 radical (unpaired) electrons. The third-order valence-electron chi connectivity index (χ3n) is 5.08. The first kappa shape index (κ1) is 17.7. The summed E-state index contributed by atoms with van der Waals surface area (Å²) < 4.78 is 11.6. The molecule has 0 fully saturated rings. The van der Waals surface area contributed by atoms with Crippen LogP contribution < -0.4 is 20.1 Å². The van der Waals surface area contributed by atoms with Gasteiger partial charge in [0.15, 0.2) is 11.5 Å². The predicted molar refractivity (Wildman–Crippen MR) is 107 cm³/mol. The third kappa shape index (κ3) is 2.87. The van der Waals surface area contributed by atoms with Crippen molar-refractivity contribution in [2.45, 2.75) is 32.4 Å². The van der Waals surface area contributed by atoms with Crippen LogP contribution in [0, 0.1) is 5.92 Å². The molecule has 1 aliphatic carbocycles. The van der Waals surface area contributed by atoms with E-state index in [-0.39, 0.29) is 12.1 Å². The van der Waals surface area contributed by atoms with E-state index in [4.69, 9.17) is 9.47 Å². The number of carbonyl (C=O) groups is 1. The fourth-order valence-electron chi connectivity index (χ4n) is 3.73. The van der Waals surface area contributed by atoms with Crippen molar-refractivity contribution >= 4 is 38.2 Å². The number of anilines is 1. The molecule has 2 N–H and O–H groups in total. The number of nitrogens with one attached hydrogen (secondary N) is 2. The molecule has 1 aromatic carbocycles. The second-order valence-corrected chi connectivity index (χ2v) is 8.80. The Kier molecular flexibility index (Phi) is 4.61. The second kappa shape index (κ2) is 6.78. The van der Waals surface area contributed by atoms with E-state index in [1.54, 1.807) is 25.6 Å². The summed E-state index contributed by atoms with van der Waals surface area (Å²) in [6.07, 6.45) is 2.90. The average Bonchev–Trinajstić information content (AvgIpc) is 2.98. The zero-order chi connectivity index (χ0) is 18.4. The maximum absolute atomic E-state index is 12.8. The largest absolute Gasteiger partial charge is 0.493 e. The van der Waals surface area contributed by atoms with Gasteiger partial charge in [-0.25, -0.2) is 0 Å². The molecule has 2 aliphatic rings. The Hall–Kier alpha value is -1.73. The summed E-state index contributed by atoms with van der Waals surface area (Å²) in [5.41, 5.74) is 2.99. The molecule has 2 atom stereocenters. The minimum absolute atomic E-state index is 0.00158. The Bertz CT molecular complexity index is 880. The lowest BCUT2D eigenvalue weighted by Gasteiger charge is -2.27. The fraction of sp³-hybridized carbons (Fsp3) is 0.421. The second-order valence-electron chi connectivity index (χ2n) is 6.84. The van der Waals surface area contributed by atoms with Gasteiger partial charge in [-0.15, -0.1) is 11.3 Å². The van der Waals surface area contributed by atoms with E-state index in [9.17, 15) is 4.79 Å². The van der Waals surface area contributed by atoms with Gasteiger partial charge in [0.25, 0.3) is 5.91 Å². The van der Waals surface area contributed by atoms with Gasteiger partial charge in [-0.05, 0) is 64.4 Å². The van der Waals surface area contributed by atoms with E-state index >= 15 is 0 Å². The van der Waals surface area contributed by atoms with Gasteiger partial charge < -0.3 is 20.1 Å². The summed E-state index contributed by atoms with van der Waals surface area (Å²) in [5, 5.41) is 7.57. The van der Waals surface area contributed by atoms with Crippen LogP contribution in [-0.2, 0) is 12.8 Å². The van der Waals surface area contributed by atoms with Gasteiger partial charge in [-0.2, -0.15) is 0 Å². The molecule has 138 valence electrons. The van der Waals surface area contributed by atoms with Crippen LogP contribution in [0.25, 0.3) is 0 Å². The summed E-state index contributed by atoms with van der Waals surface area (Å²) in [4.78, 5) is 14.2. The zero-order valence-corrected chi connectivity index (χ0v) is 17.3. The number of ether oxygens (including phenoxy) is 2. The Morgan fingerprint density at radius 2 is 2.04 bits per heavy atom. The van der Waals surface area contributed by atoms with E-state index in [1.807, 2.05) is 12.1 Å². The van der Waals surface area contributed by atoms with Gasteiger partial charge in [0.1, 0.15) is 11.2 Å². The number of thiophene rings is 1. The maximum Gasteiger partial charge on any atom is 0.256 e. The molecule has 7 heteroatoms. The number of benzene rings is 1. The Labute approximate surface area is 165 Å². The van der Waals surface area contributed by atoms with Gasteiger partial charge in [-0.3, -0.25) is 4.79 Å². The molecule has 4 rings (SSSR count). The molecule has 0 saturated carbocycles. The monoisotopic (exact) mass is 436 g/mol. The standard InChI is InChI=1S/C19H21BrN2O3S/c1-9-4-5-11-14(6-9)26-19-15(11)18(23)21-17(22-19)10-7-12(20)16(25-3)13(8-10)24-2/h7-9,17,22H,4-6H2,1-3H3,(H,21,23)/t9-,17-/m1/s1. The molecule has 5 nitrogen and oxygen atoms in total. The van der Waals surface area contributed by atoms with Crippen molar-refractivity contribution in [1.29, 1.82) is 0 Å². The van der Waals surface area contributed by atoms with Crippen molar-refractivity contribution in [2.24, 2.45) is 5.92 Å². The summed E-state index contributed by atoms with van der Waals surface area (Å²) >= 11 is 5.25. The highest BCUT2D eigenvalue weighted by Gasteiger charge is 2.33. The van der Waals surface area contributed by atoms with Crippen LogP contribution in [0.2, 0.25) is 0 Å². The quantitative estimate of drug-likeness (QED) is 0.742. The van der Waals surface area contributed by atoms with Crippen molar-refractivity contribution < 1.29 is 14.3 Å². The smallest absolute Gasteiger partial charge is 0.256 e. The number of amides is 1. The molecule has 1 amide bonds. The van der Waals surface area contributed by atoms with Crippen LogP contribution in [0.15, 0.2) is 16.6 Å². The van der Waals surface area contributed by atoms with Crippen LogP contribution >= 0.6 is 27.3 Å². The van der Waals surface area contributed by atoms with E-state index in [0.717, 1.165) is 39.9 Å². The molecular formula is C19H21BrN2O3S. The number of methoxy groups -OCH3 is 2. The number of hydrogen-bond acceptors (Lipinski definition) is 5. The average molecular weight is 437 g/mol. The predicted octanol–water partition coefficient (Wildman–Crippen LogP) is 4.51. The molecule has 1 aromatic heterocycles. The molecule has 2 aromatic rings. The van der Waals surface area contributed by atoms with Gasteiger partial charge in [0.05, 0.1) is 24.3 Å². The van der Waals surface area contributed by atoms with Crippen molar-refractivity contribution in [2.75, 3.05) is 19.5 Å². The van der Waals surface area contributed by atoms with Crippen LogP contribution in [0.4, 0.5) is 5.00 Å². The SMILES string of the molecule is COc1cc([C@@H]2NC(=O)c3c(sc4c3CC[C@@H](C)C4)N2)cc(Br)c1OC. The van der Waals surface area contributed by atoms with Crippen LogP contribution in [0.5, 0.6) is 11.5 Å². The summed E-state index contributed by atoms with van der Waals surface area (Å²) in [6.45, 7) is 2.28. The Balaban J connectivity index is 1.70. The van der Waals surface area contributed by atoms with E-state index in [1.165, 1.54) is 10.4 Å². The minimum Gasteiger partial charge on any atom is -0.493 e. The summed E-state index contributed by atoms with van der Waals surface area (Å²) in [6, 6.07) is 3.84. The molecule has 1 aliphatic heterocycles. The van der Waals surface area contributed by atoms with Crippen LogP contribution in [0.3, 0.4) is 0 Å². The first-order valence-corrected chi connectivity index (χ1v) is 10.3. The Morgan fingerprint density at radius 1 is 1.23 bits per heavy atom. The summed E-state index contributed by atoms with van der Waals surface area (Å²) in [7, 11) is 3.21. The van der Waals surface area contributed by atoms with Crippen molar-refractivity contribution in [3.05, 3.63) is 38.2 Å². The lowest BCUT2D eigenvalue weighted by atomic mass is 9.88. The Morgan fingerprint density at radius 3 is 2.77 bits per heavy atom. The molecule has 0 saturated heterocycles. The summed E-state index contributed by atoms with van der Waals surface area (Å²) in [5.74, 6) is 1.95. The maximum atomic E-state index is 12.8. The third-order valence-corrected chi connectivity index (χ3v) is 6.85. The van der Waals surface area contributed by atoms with E-state index in [2.05, 4.69) is 33.5 Å². The van der Waals surface area contributed by atoms with Gasteiger partial charge in [-0.1, -0.05) is 6.92 Å². The lowest BCUT2D eigenvalue weighted by Crippen LogP contribution is -2.38. The highest BCUT2D eigenvalue weighted by atomic mass is 79.9. The number of carbonyl (C=O) groups excluding carboxylic acids is 1. The highest BCUT2D eigenvalue weighted by molar-refractivity contribution is 9.10. The molecule has 26 heavy (non-hydrogen) atoms. The normalized spacial score (nSPS) is 21.3.